The lowest BCUT2D eigenvalue weighted by Gasteiger charge is -2.20. The second-order valence-corrected chi connectivity index (χ2v) is 6.21. The largest absolute Gasteiger partial charge is 0.497 e. The van der Waals surface area contributed by atoms with Gasteiger partial charge in [0.25, 0.3) is 0 Å². The first-order valence-corrected chi connectivity index (χ1v) is 7.69. The minimum absolute atomic E-state index is 0.00727. The molecule has 0 aliphatic carbocycles. The van der Waals surface area contributed by atoms with Gasteiger partial charge in [0, 0.05) is 0 Å². The molecule has 0 radical (unpaired) electrons. The van der Waals surface area contributed by atoms with Crippen LogP contribution in [0.3, 0.4) is 0 Å². The van der Waals surface area contributed by atoms with Crippen LogP contribution in [0, 0.1) is 5.92 Å². The fourth-order valence-electron chi connectivity index (χ4n) is 1.64. The highest BCUT2D eigenvalue weighted by Crippen LogP contribution is 2.17. The smallest absolute Gasteiger partial charge is 0.322 e. The maximum absolute atomic E-state index is 12.2. The molecule has 0 saturated heterocycles. The van der Waals surface area contributed by atoms with E-state index in [1.165, 1.54) is 31.4 Å². The molecule has 112 valence electrons. The zero-order valence-corrected chi connectivity index (χ0v) is 12.5. The van der Waals surface area contributed by atoms with E-state index in [0.29, 0.717) is 12.2 Å². The average Bonchev–Trinajstić information content (AvgIpc) is 2.43. The van der Waals surface area contributed by atoms with Gasteiger partial charge in [0.1, 0.15) is 11.8 Å². The fourth-order valence-corrected chi connectivity index (χ4v) is 2.93. The molecule has 0 aliphatic rings. The molecule has 7 heteroatoms. The van der Waals surface area contributed by atoms with Crippen LogP contribution in [-0.4, -0.2) is 32.6 Å². The predicted molar refractivity (Wildman–Crippen MR) is 74.2 cm³/mol. The van der Waals surface area contributed by atoms with Crippen molar-refractivity contribution in [3.63, 3.8) is 0 Å². The molecule has 2 N–H and O–H groups in total. The molecule has 0 heterocycles. The first-order valence-electron chi connectivity index (χ1n) is 6.21. The van der Waals surface area contributed by atoms with Gasteiger partial charge in [-0.15, -0.1) is 0 Å². The van der Waals surface area contributed by atoms with Crippen LogP contribution in [0.5, 0.6) is 5.75 Å². The number of hydrogen-bond donors (Lipinski definition) is 2. The first kappa shape index (κ1) is 16.5. The monoisotopic (exact) mass is 301 g/mol. The molecule has 2 atom stereocenters. The van der Waals surface area contributed by atoms with E-state index in [1.54, 1.807) is 6.92 Å². The molecule has 0 fully saturated rings. The summed E-state index contributed by atoms with van der Waals surface area (Å²) in [6, 6.07) is 4.61. The number of nitrogens with one attached hydrogen (secondary N) is 1. The van der Waals surface area contributed by atoms with Gasteiger partial charge in [0.15, 0.2) is 0 Å². The van der Waals surface area contributed by atoms with Gasteiger partial charge in [0.05, 0.1) is 12.0 Å². The van der Waals surface area contributed by atoms with Crippen LogP contribution in [0.25, 0.3) is 0 Å². The fraction of sp³-hybridized carbons (Fsp3) is 0.462. The third-order valence-electron chi connectivity index (χ3n) is 3.13. The standard InChI is InChI=1S/C13H19NO5S/c1-4-9(2)12(13(15)16)14-20(17,18)11-7-5-10(19-3)6-8-11/h5-9,12,14H,4H2,1-3H3,(H,15,16)/t9-,12-/m0/s1. The lowest BCUT2D eigenvalue weighted by molar-refractivity contribution is -0.140. The second-order valence-electron chi connectivity index (χ2n) is 4.50. The second kappa shape index (κ2) is 6.71. The van der Waals surface area contributed by atoms with E-state index < -0.39 is 22.0 Å². The topological polar surface area (TPSA) is 92.7 Å². The Labute approximate surface area is 118 Å². The van der Waals surface area contributed by atoms with Crippen molar-refractivity contribution < 1.29 is 23.1 Å². The van der Waals surface area contributed by atoms with Crippen molar-refractivity contribution in [3.05, 3.63) is 24.3 Å². The van der Waals surface area contributed by atoms with Crippen LogP contribution in [0.4, 0.5) is 0 Å². The summed E-state index contributed by atoms with van der Waals surface area (Å²) in [5.74, 6) is -0.961. The lowest BCUT2D eigenvalue weighted by Crippen LogP contribution is -2.44. The lowest BCUT2D eigenvalue weighted by atomic mass is 10.0. The molecule has 1 aromatic carbocycles. The molecule has 0 unspecified atom stereocenters. The molecule has 1 aromatic rings. The van der Waals surface area contributed by atoms with Gasteiger partial charge in [-0.25, -0.2) is 8.42 Å². The Morgan fingerprint density at radius 1 is 1.35 bits per heavy atom. The zero-order chi connectivity index (χ0) is 15.3. The van der Waals surface area contributed by atoms with E-state index >= 15 is 0 Å². The molecular weight excluding hydrogens is 282 g/mol. The summed E-state index contributed by atoms with van der Waals surface area (Å²) in [4.78, 5) is 11.2. The molecule has 6 nitrogen and oxygen atoms in total. The zero-order valence-electron chi connectivity index (χ0n) is 11.7. The molecule has 0 aromatic heterocycles. The van der Waals surface area contributed by atoms with Crippen molar-refractivity contribution in [2.45, 2.75) is 31.2 Å². The number of hydrogen-bond acceptors (Lipinski definition) is 4. The molecule has 0 spiro atoms. The Kier molecular flexibility index (Phi) is 5.52. The average molecular weight is 301 g/mol. The maximum atomic E-state index is 12.2. The SMILES string of the molecule is CC[C@H](C)[C@H](NS(=O)(=O)c1ccc(OC)cc1)C(=O)O. The summed E-state index contributed by atoms with van der Waals surface area (Å²) in [5.41, 5.74) is 0. The molecule has 0 saturated carbocycles. The van der Waals surface area contributed by atoms with Gasteiger partial charge >= 0.3 is 5.97 Å². The number of methoxy groups -OCH3 is 1. The number of benzene rings is 1. The summed E-state index contributed by atoms with van der Waals surface area (Å²) in [6.45, 7) is 3.50. The highest BCUT2D eigenvalue weighted by molar-refractivity contribution is 7.89. The number of sulfonamides is 1. The summed E-state index contributed by atoms with van der Waals surface area (Å²) in [5, 5.41) is 9.12. The van der Waals surface area contributed by atoms with Crippen LogP contribution in [0.1, 0.15) is 20.3 Å². The third-order valence-corrected chi connectivity index (χ3v) is 4.59. The van der Waals surface area contributed by atoms with E-state index in [-0.39, 0.29) is 10.8 Å². The van der Waals surface area contributed by atoms with E-state index in [9.17, 15) is 13.2 Å². The quantitative estimate of drug-likeness (QED) is 0.795. The van der Waals surface area contributed by atoms with Gasteiger partial charge in [-0.3, -0.25) is 4.79 Å². The molecule has 0 amide bonds. The Hall–Kier alpha value is -1.60. The number of carbonyl (C=O) groups is 1. The summed E-state index contributed by atoms with van der Waals surface area (Å²) in [6.07, 6.45) is 0.558. The van der Waals surface area contributed by atoms with Crippen molar-refractivity contribution in [3.8, 4) is 5.75 Å². The number of carboxylic acid groups (broad SMARTS) is 1. The molecule has 1 rings (SSSR count). The van der Waals surface area contributed by atoms with E-state index in [4.69, 9.17) is 9.84 Å². The van der Waals surface area contributed by atoms with Gasteiger partial charge < -0.3 is 9.84 Å². The third kappa shape index (κ3) is 3.94. The summed E-state index contributed by atoms with van der Waals surface area (Å²) >= 11 is 0. The van der Waals surface area contributed by atoms with Crippen molar-refractivity contribution >= 4 is 16.0 Å². The van der Waals surface area contributed by atoms with Crippen LogP contribution < -0.4 is 9.46 Å². The highest BCUT2D eigenvalue weighted by atomic mass is 32.2. The van der Waals surface area contributed by atoms with Crippen molar-refractivity contribution in [2.75, 3.05) is 7.11 Å². The van der Waals surface area contributed by atoms with E-state index in [2.05, 4.69) is 4.72 Å². The van der Waals surface area contributed by atoms with Crippen LogP contribution >= 0.6 is 0 Å². The van der Waals surface area contributed by atoms with Crippen molar-refractivity contribution in [2.24, 2.45) is 5.92 Å². The van der Waals surface area contributed by atoms with Gasteiger partial charge in [-0.2, -0.15) is 4.72 Å². The maximum Gasteiger partial charge on any atom is 0.322 e. The van der Waals surface area contributed by atoms with Crippen LogP contribution in [-0.2, 0) is 14.8 Å². The molecule has 20 heavy (non-hydrogen) atoms. The van der Waals surface area contributed by atoms with Crippen LogP contribution in [0.15, 0.2) is 29.2 Å². The van der Waals surface area contributed by atoms with Crippen molar-refractivity contribution in [1.29, 1.82) is 0 Å². The Morgan fingerprint density at radius 2 is 1.90 bits per heavy atom. The Balaban J connectivity index is 3.00. The predicted octanol–water partition coefficient (Wildman–Crippen LogP) is 1.47. The number of ether oxygens (including phenoxy) is 1. The summed E-state index contributed by atoms with van der Waals surface area (Å²) < 4.78 is 31.5. The molecular formula is C13H19NO5S. The Morgan fingerprint density at radius 3 is 2.30 bits per heavy atom. The molecule has 0 bridgehead atoms. The normalized spacial score (nSPS) is 14.6. The number of rotatable bonds is 7. The number of aliphatic carboxylic acids is 1. The summed E-state index contributed by atoms with van der Waals surface area (Å²) in [7, 11) is -2.39. The van der Waals surface area contributed by atoms with Gasteiger partial charge in [-0.05, 0) is 30.2 Å². The van der Waals surface area contributed by atoms with E-state index in [1.807, 2.05) is 6.92 Å². The van der Waals surface area contributed by atoms with Gasteiger partial charge in [-0.1, -0.05) is 20.3 Å². The highest BCUT2D eigenvalue weighted by Gasteiger charge is 2.29. The number of carboxylic acids is 1. The minimum Gasteiger partial charge on any atom is -0.497 e. The first-order chi connectivity index (χ1) is 9.31. The van der Waals surface area contributed by atoms with Gasteiger partial charge in [0.2, 0.25) is 10.0 Å². The Bertz CT molecular complexity index is 553. The minimum atomic E-state index is -3.87. The van der Waals surface area contributed by atoms with Crippen LogP contribution in [0.2, 0.25) is 0 Å². The van der Waals surface area contributed by atoms with E-state index in [0.717, 1.165) is 0 Å². The molecule has 0 aliphatic heterocycles. The van der Waals surface area contributed by atoms with Crippen molar-refractivity contribution in [1.82, 2.24) is 4.72 Å².